The molecule has 3 unspecified atom stereocenters. The van der Waals surface area contributed by atoms with Gasteiger partial charge in [-0.05, 0) is 137 Å². The third-order valence-corrected chi connectivity index (χ3v) is 18.5. The van der Waals surface area contributed by atoms with Crippen LogP contribution in [-0.2, 0) is 18.9 Å². The number of aliphatic hydroxyl groups is 2. The maximum Gasteiger partial charge on any atom is 0.170 e. The van der Waals surface area contributed by atoms with Crippen molar-refractivity contribution in [1.29, 1.82) is 0 Å². The number of fused-ring (bicyclic) bond motifs is 2. The minimum absolute atomic E-state index is 0.0713. The summed E-state index contributed by atoms with van der Waals surface area (Å²) in [5.74, 6) is 2.00. The van der Waals surface area contributed by atoms with Gasteiger partial charge in [-0.3, -0.25) is 9.80 Å². The van der Waals surface area contributed by atoms with Crippen LogP contribution in [0, 0.1) is 50.7 Å². The van der Waals surface area contributed by atoms with E-state index >= 15 is 0 Å². The van der Waals surface area contributed by atoms with Gasteiger partial charge in [0.1, 0.15) is 6.10 Å². The number of rotatable bonds is 12. The van der Waals surface area contributed by atoms with E-state index in [-0.39, 0.29) is 47.0 Å². The summed E-state index contributed by atoms with van der Waals surface area (Å²) >= 11 is 0. The van der Waals surface area contributed by atoms with Crippen LogP contribution < -0.4 is 0 Å². The molecule has 0 amide bonds. The smallest absolute Gasteiger partial charge is 0.170 e. The second-order valence-electron chi connectivity index (χ2n) is 21.2. The van der Waals surface area contributed by atoms with Crippen LogP contribution in [0.1, 0.15) is 132 Å². The number of likely N-dealkylation sites (tertiary alicyclic amines) is 1. The lowest BCUT2D eigenvalue weighted by Crippen LogP contribution is -2.66. The monoisotopic (exact) mass is 729 g/mol. The highest BCUT2D eigenvalue weighted by molar-refractivity contribution is 5.31. The van der Waals surface area contributed by atoms with Gasteiger partial charge < -0.3 is 29.2 Å². The lowest BCUT2D eigenvalue weighted by Gasteiger charge is -2.64. The van der Waals surface area contributed by atoms with Gasteiger partial charge in [0.25, 0.3) is 0 Å². The van der Waals surface area contributed by atoms with Crippen LogP contribution in [0.3, 0.4) is 0 Å². The van der Waals surface area contributed by atoms with Crippen molar-refractivity contribution in [3.8, 4) is 0 Å². The van der Waals surface area contributed by atoms with Crippen molar-refractivity contribution >= 4 is 0 Å². The lowest BCUT2D eigenvalue weighted by atomic mass is 9.41. The van der Waals surface area contributed by atoms with E-state index in [1.165, 1.54) is 70.9 Å². The van der Waals surface area contributed by atoms with Crippen LogP contribution in [0.15, 0.2) is 0 Å². The molecule has 0 bridgehead atoms. The van der Waals surface area contributed by atoms with Crippen molar-refractivity contribution in [2.75, 3.05) is 46.5 Å². The minimum Gasteiger partial charge on any atom is -0.393 e. The number of nitrogens with zero attached hydrogens (tertiary/aromatic N) is 2. The number of ether oxygens (including phenoxy) is 4. The highest BCUT2D eigenvalue weighted by atomic mass is 16.7. The Balaban J connectivity index is 0.942. The summed E-state index contributed by atoms with van der Waals surface area (Å²) in [4.78, 5) is 5.38. The molecule has 0 radical (unpaired) electrons. The average molecular weight is 729 g/mol. The first kappa shape index (κ1) is 38.5. The summed E-state index contributed by atoms with van der Waals surface area (Å²) in [5, 5.41) is 23.3. The van der Waals surface area contributed by atoms with E-state index in [1.54, 1.807) is 7.11 Å². The van der Waals surface area contributed by atoms with Crippen LogP contribution in [0.5, 0.6) is 0 Å². The molecule has 298 valence electrons. The van der Waals surface area contributed by atoms with Crippen molar-refractivity contribution < 1.29 is 29.2 Å². The topological polar surface area (TPSA) is 83.9 Å². The second kappa shape index (κ2) is 13.4. The average Bonchev–Trinajstić information content (AvgIpc) is 3.67. The molecule has 0 aromatic rings. The molecule has 8 nitrogen and oxygen atoms in total. The Morgan fingerprint density at radius 1 is 0.904 bits per heavy atom. The van der Waals surface area contributed by atoms with E-state index in [4.69, 9.17) is 18.9 Å². The predicted octanol–water partition coefficient (Wildman–Crippen LogP) is 6.89. The SMILES string of the molecule is CCO[C@@H](C(C[C@@H](C)[C@H]1C[C@H](O)[C@@]2(C)C3CC[C@H]4C(C)(C)[C@@H](O[C@H]5CN(C6CN(C7CCC7)C6)CCO5)CC[C@@]45CC35CC[C@]12C)OC)C(C)(C)O. The Labute approximate surface area is 316 Å². The molecule has 0 aromatic heterocycles. The zero-order valence-corrected chi connectivity index (χ0v) is 34.5. The third kappa shape index (κ3) is 5.62. The second-order valence-corrected chi connectivity index (χ2v) is 21.2. The van der Waals surface area contributed by atoms with Crippen LogP contribution in [0.25, 0.3) is 0 Å². The lowest BCUT2D eigenvalue weighted by molar-refractivity contribution is -0.254. The largest absolute Gasteiger partial charge is 0.393 e. The van der Waals surface area contributed by atoms with Crippen molar-refractivity contribution in [2.45, 2.75) is 181 Å². The quantitative estimate of drug-likeness (QED) is 0.225. The van der Waals surface area contributed by atoms with Gasteiger partial charge in [0.05, 0.1) is 30.5 Å². The molecule has 6 saturated carbocycles. The van der Waals surface area contributed by atoms with E-state index in [0.29, 0.717) is 47.2 Å². The van der Waals surface area contributed by atoms with Gasteiger partial charge in [-0.25, -0.2) is 0 Å². The Morgan fingerprint density at radius 2 is 1.62 bits per heavy atom. The molecular weight excluding hydrogens is 652 g/mol. The Bertz CT molecular complexity index is 1300. The summed E-state index contributed by atoms with van der Waals surface area (Å²) in [6.45, 7) is 23.9. The van der Waals surface area contributed by atoms with Crippen molar-refractivity contribution in [2.24, 2.45) is 50.7 Å². The zero-order valence-electron chi connectivity index (χ0n) is 34.5. The predicted molar refractivity (Wildman–Crippen MR) is 204 cm³/mol. The highest BCUT2D eigenvalue weighted by Gasteiger charge is 2.83. The van der Waals surface area contributed by atoms with E-state index in [0.717, 1.165) is 45.0 Å². The standard InChI is InChI=1S/C44H76N2O6/c1-10-50-38(40(5,6)48)32(49-9)22-28(2)31-23-35(47)42(8)34-15-14-33-39(3,4)36(16-17-43(33)27-44(34,43)19-18-41(31,42)7)52-37-26-45(20-21-51-37)30-24-46(25-30)29-12-11-13-29/h28-38,47-48H,10-27H2,1-9H3/t28-,31-,32?,33+,34?,35+,36+,37+,38+,41-,42-,43-,44?/m1/s1. The van der Waals surface area contributed by atoms with E-state index in [1.807, 2.05) is 20.8 Å². The minimum atomic E-state index is -0.991. The number of methoxy groups -OCH3 is 1. The molecule has 2 N–H and O–H groups in total. The molecule has 8 rings (SSSR count). The van der Waals surface area contributed by atoms with Gasteiger partial charge in [-0.1, -0.05) is 41.0 Å². The fourth-order valence-corrected chi connectivity index (χ4v) is 15.3. The molecule has 6 aliphatic carbocycles. The van der Waals surface area contributed by atoms with Gasteiger partial charge in [-0.15, -0.1) is 0 Å². The number of hydrogen-bond acceptors (Lipinski definition) is 8. The molecule has 8 heteroatoms. The van der Waals surface area contributed by atoms with Gasteiger partial charge in [0, 0.05) is 57.4 Å². The van der Waals surface area contributed by atoms with Crippen LogP contribution in [-0.4, -0.2) is 115 Å². The molecule has 52 heavy (non-hydrogen) atoms. The van der Waals surface area contributed by atoms with Crippen molar-refractivity contribution in [1.82, 2.24) is 9.80 Å². The molecule has 8 fully saturated rings. The van der Waals surface area contributed by atoms with Gasteiger partial charge in [0.2, 0.25) is 0 Å². The molecule has 2 aliphatic heterocycles. The Morgan fingerprint density at radius 3 is 2.27 bits per heavy atom. The molecule has 2 heterocycles. The number of aliphatic hydroxyl groups excluding tert-OH is 1. The summed E-state index contributed by atoms with van der Waals surface area (Å²) in [5.41, 5.74) is -0.159. The summed E-state index contributed by atoms with van der Waals surface area (Å²) in [6.07, 6.45) is 13.9. The number of morpholine rings is 1. The Kier molecular flexibility index (Phi) is 9.92. The summed E-state index contributed by atoms with van der Waals surface area (Å²) < 4.78 is 25.5. The van der Waals surface area contributed by atoms with Crippen molar-refractivity contribution in [3.05, 3.63) is 0 Å². The number of hydrogen-bond donors (Lipinski definition) is 2. The fraction of sp³-hybridized carbons (Fsp3) is 1.00. The fourth-order valence-electron chi connectivity index (χ4n) is 15.3. The summed E-state index contributed by atoms with van der Waals surface area (Å²) in [7, 11) is 1.76. The first-order chi connectivity index (χ1) is 24.6. The van der Waals surface area contributed by atoms with Crippen LogP contribution in [0.2, 0.25) is 0 Å². The normalized spacial score (nSPS) is 46.9. The van der Waals surface area contributed by atoms with E-state index < -0.39 is 5.60 Å². The highest BCUT2D eigenvalue weighted by Crippen LogP contribution is 2.89. The van der Waals surface area contributed by atoms with Crippen LogP contribution >= 0.6 is 0 Å². The first-order valence-electron chi connectivity index (χ1n) is 21.9. The van der Waals surface area contributed by atoms with Crippen molar-refractivity contribution in [3.63, 3.8) is 0 Å². The maximum atomic E-state index is 12.3. The molecular formula is C44H76N2O6. The van der Waals surface area contributed by atoms with E-state index in [9.17, 15) is 10.2 Å². The molecule has 2 spiro atoms. The first-order valence-corrected chi connectivity index (χ1v) is 21.9. The van der Waals surface area contributed by atoms with Gasteiger partial charge >= 0.3 is 0 Å². The Hall–Kier alpha value is -0.320. The maximum absolute atomic E-state index is 12.3. The van der Waals surface area contributed by atoms with Gasteiger partial charge in [0.15, 0.2) is 6.29 Å². The zero-order chi connectivity index (χ0) is 37.1. The molecule has 8 aliphatic rings. The third-order valence-electron chi connectivity index (χ3n) is 18.5. The molecule has 2 saturated heterocycles. The van der Waals surface area contributed by atoms with Crippen LogP contribution in [0.4, 0.5) is 0 Å². The van der Waals surface area contributed by atoms with E-state index in [2.05, 4.69) is 44.4 Å². The summed E-state index contributed by atoms with van der Waals surface area (Å²) in [6, 6.07) is 1.53. The molecule has 0 aromatic carbocycles. The molecule has 13 atom stereocenters. The van der Waals surface area contributed by atoms with Gasteiger partial charge in [-0.2, -0.15) is 0 Å².